The van der Waals surface area contributed by atoms with Crippen molar-refractivity contribution in [2.24, 2.45) is 0 Å². The molecule has 0 amide bonds. The Morgan fingerprint density at radius 1 is 1.60 bits per heavy atom. The van der Waals surface area contributed by atoms with E-state index >= 15 is 0 Å². The molecular weight excluding hydrogens is 201 g/mol. The number of hydrogen-bond donors (Lipinski definition) is 1. The van der Waals surface area contributed by atoms with E-state index in [1.807, 2.05) is 0 Å². The Kier molecular flexibility index (Phi) is 9.14. The fourth-order valence-corrected chi connectivity index (χ4v) is 1.01. The van der Waals surface area contributed by atoms with Crippen molar-refractivity contribution in [3.63, 3.8) is 0 Å². The molecule has 1 radical (unpaired) electrons. The molecule has 0 aromatic carbocycles. The molecule has 1 rings (SSSR count). The summed E-state index contributed by atoms with van der Waals surface area (Å²) in [4.78, 5) is 2.10. The molecule has 1 heterocycles. The van der Waals surface area contributed by atoms with Gasteiger partial charge in [-0.15, -0.1) is 0 Å². The molecule has 0 aromatic heterocycles. The van der Waals surface area contributed by atoms with Gasteiger partial charge in [0.05, 0.1) is 0 Å². The Morgan fingerprint density at radius 2 is 2.20 bits per heavy atom. The minimum absolute atomic E-state index is 0. The Bertz CT molecular complexity index is 70.0. The van der Waals surface area contributed by atoms with Crippen LogP contribution >= 0.6 is 0 Å². The van der Waals surface area contributed by atoms with E-state index in [0.717, 1.165) is 19.6 Å². The molecule has 1 atom stereocenters. The summed E-state index contributed by atoms with van der Waals surface area (Å²) in [6.07, 6.45) is 0. The maximum atomic E-state index is 3.84. The van der Waals surface area contributed by atoms with E-state index in [4.69, 9.17) is 0 Å². The Morgan fingerprint density at radius 3 is 2.50 bits per heavy atom. The molecule has 59 valence electrons. The molecule has 1 fully saturated rings. The summed E-state index contributed by atoms with van der Waals surface area (Å²) >= 11 is 0. The van der Waals surface area contributed by atoms with Crippen molar-refractivity contribution in [1.29, 1.82) is 0 Å². The number of rotatable bonds is 0. The monoisotopic (exact) mass is 217 g/mol. The molecule has 0 saturated carbocycles. The van der Waals surface area contributed by atoms with Crippen molar-refractivity contribution >= 4 is 0 Å². The van der Waals surface area contributed by atoms with Gasteiger partial charge in [-0.1, -0.05) is 0 Å². The zero-order valence-electron chi connectivity index (χ0n) is 6.93. The van der Waals surface area contributed by atoms with E-state index in [1.54, 1.807) is 0 Å². The molecule has 1 aliphatic heterocycles. The third-order valence-corrected chi connectivity index (χ3v) is 1.45. The average molecular weight is 217 g/mol. The molecule has 1 unspecified atom stereocenters. The topological polar surface area (TPSA) is 15.3 Å². The molecule has 0 spiro atoms. The first-order chi connectivity index (χ1) is 3.79. The average Bonchev–Trinajstić information content (AvgIpc) is 1.64. The smallest absolute Gasteiger partial charge is 0.0143 e. The Balaban J connectivity index is 0. The maximum Gasteiger partial charge on any atom is 0.0143 e. The van der Waals surface area contributed by atoms with E-state index in [1.165, 1.54) is 0 Å². The quantitative estimate of drug-likeness (QED) is 0.595. The van der Waals surface area contributed by atoms with Gasteiger partial charge in [0, 0.05) is 45.3 Å². The summed E-state index contributed by atoms with van der Waals surface area (Å²) in [6, 6.07) is 0.626. The van der Waals surface area contributed by atoms with Gasteiger partial charge < -0.3 is 17.6 Å². The van der Waals surface area contributed by atoms with Crippen molar-refractivity contribution in [2.45, 2.75) is 13.0 Å². The first kappa shape index (κ1) is 13.6. The second-order valence-electron chi connectivity index (χ2n) is 2.43. The number of hydrogen-bond acceptors (Lipinski definition) is 2. The largest absolute Gasteiger partial charge is 0.457 e. The molecule has 0 bridgehead atoms. The normalized spacial score (nSPS) is 26.4. The van der Waals surface area contributed by atoms with Crippen LogP contribution in [-0.4, -0.2) is 30.6 Å². The SMILES string of the molecule is [CH2-]N1CCNC(C)C1.[CH3-].[Y]. The second-order valence-corrected chi connectivity index (χ2v) is 2.43. The van der Waals surface area contributed by atoms with Crippen molar-refractivity contribution < 1.29 is 32.7 Å². The van der Waals surface area contributed by atoms with Gasteiger partial charge in [0.15, 0.2) is 0 Å². The van der Waals surface area contributed by atoms with Crippen LogP contribution in [0.2, 0.25) is 0 Å². The van der Waals surface area contributed by atoms with E-state index < -0.39 is 0 Å². The van der Waals surface area contributed by atoms with Gasteiger partial charge in [-0.2, -0.15) is 0 Å². The second kappa shape index (κ2) is 6.72. The van der Waals surface area contributed by atoms with E-state index in [9.17, 15) is 0 Å². The maximum absolute atomic E-state index is 3.84. The molecule has 3 heteroatoms. The standard InChI is InChI=1S/C6H13N2.CH3.Y/c1-6-5-8(2)4-3-7-6;;/h6-7H,2-5H2,1H3;1H3;/q2*-1;. The minimum Gasteiger partial charge on any atom is -0.457 e. The van der Waals surface area contributed by atoms with Gasteiger partial charge in [-0.25, -0.2) is 0 Å². The van der Waals surface area contributed by atoms with Crippen LogP contribution in [0.3, 0.4) is 0 Å². The molecular formula is C7H16N2Y-2. The summed E-state index contributed by atoms with van der Waals surface area (Å²) in [5, 5.41) is 3.33. The zero-order valence-corrected chi connectivity index (χ0v) is 9.77. The molecule has 1 N–H and O–H groups in total. The molecule has 1 aliphatic rings. The summed E-state index contributed by atoms with van der Waals surface area (Å²) in [7, 11) is 3.84. The van der Waals surface area contributed by atoms with E-state index in [-0.39, 0.29) is 40.1 Å². The molecule has 2 nitrogen and oxygen atoms in total. The van der Waals surface area contributed by atoms with Gasteiger partial charge in [0.2, 0.25) is 0 Å². The Hall–Kier alpha value is 1.02. The summed E-state index contributed by atoms with van der Waals surface area (Å²) in [5.41, 5.74) is 0. The predicted octanol–water partition coefficient (Wildman–Crippen LogP) is 0.519. The van der Waals surface area contributed by atoms with Crippen LogP contribution in [0.1, 0.15) is 6.92 Å². The molecule has 10 heavy (non-hydrogen) atoms. The van der Waals surface area contributed by atoms with Crippen LogP contribution in [-0.2, 0) is 32.7 Å². The molecule has 0 aromatic rings. The molecule has 1 saturated heterocycles. The number of nitrogens with zero attached hydrogens (tertiary/aromatic N) is 1. The van der Waals surface area contributed by atoms with Crippen LogP contribution in [0, 0.1) is 14.5 Å². The van der Waals surface area contributed by atoms with Gasteiger partial charge in [-0.05, 0) is 20.0 Å². The Labute approximate surface area is 89.6 Å². The minimum atomic E-state index is 0. The van der Waals surface area contributed by atoms with E-state index in [2.05, 4.69) is 24.2 Å². The predicted molar refractivity (Wildman–Crippen MR) is 40.8 cm³/mol. The van der Waals surface area contributed by atoms with E-state index in [0.29, 0.717) is 6.04 Å². The number of piperazine rings is 1. The van der Waals surface area contributed by atoms with Crippen LogP contribution < -0.4 is 5.32 Å². The van der Waals surface area contributed by atoms with Crippen LogP contribution in [0.5, 0.6) is 0 Å². The third-order valence-electron chi connectivity index (χ3n) is 1.45. The zero-order chi connectivity index (χ0) is 5.98. The van der Waals surface area contributed by atoms with Gasteiger partial charge >= 0.3 is 0 Å². The number of nitrogens with one attached hydrogen (secondary N) is 1. The molecule has 0 aliphatic carbocycles. The van der Waals surface area contributed by atoms with Crippen LogP contribution in [0.4, 0.5) is 0 Å². The first-order valence-corrected chi connectivity index (χ1v) is 3.08. The van der Waals surface area contributed by atoms with Gasteiger partial charge in [0.1, 0.15) is 0 Å². The van der Waals surface area contributed by atoms with Crippen LogP contribution in [0.15, 0.2) is 0 Å². The third kappa shape index (κ3) is 4.78. The van der Waals surface area contributed by atoms with Gasteiger partial charge in [-0.3, -0.25) is 7.05 Å². The summed E-state index contributed by atoms with van der Waals surface area (Å²) < 4.78 is 0. The van der Waals surface area contributed by atoms with Crippen molar-refractivity contribution in [2.75, 3.05) is 19.6 Å². The van der Waals surface area contributed by atoms with Crippen molar-refractivity contribution in [1.82, 2.24) is 10.2 Å². The summed E-state index contributed by atoms with van der Waals surface area (Å²) in [5.74, 6) is 0. The summed E-state index contributed by atoms with van der Waals surface area (Å²) in [6.45, 7) is 5.44. The fourth-order valence-electron chi connectivity index (χ4n) is 1.01. The first-order valence-electron chi connectivity index (χ1n) is 3.08. The fraction of sp³-hybridized carbons (Fsp3) is 0.714. The van der Waals surface area contributed by atoms with Crippen LogP contribution in [0.25, 0.3) is 0 Å². The van der Waals surface area contributed by atoms with Gasteiger partial charge in [0.25, 0.3) is 0 Å². The van der Waals surface area contributed by atoms with Crippen molar-refractivity contribution in [3.8, 4) is 0 Å². The van der Waals surface area contributed by atoms with Crippen molar-refractivity contribution in [3.05, 3.63) is 14.5 Å².